The molecule has 0 radical (unpaired) electrons. The maximum Gasteiger partial charge on any atom is 0.274 e. The van der Waals surface area contributed by atoms with Gasteiger partial charge in [0, 0.05) is 49.8 Å². The number of halogens is 1. The molecule has 1 fully saturated rings. The fourth-order valence-corrected chi connectivity index (χ4v) is 5.13. The van der Waals surface area contributed by atoms with Crippen molar-refractivity contribution in [2.45, 2.75) is 25.2 Å². The van der Waals surface area contributed by atoms with Gasteiger partial charge in [-0.25, -0.2) is 9.37 Å². The highest BCUT2D eigenvalue weighted by molar-refractivity contribution is 5.94. The van der Waals surface area contributed by atoms with Gasteiger partial charge in [0.15, 0.2) is 0 Å². The van der Waals surface area contributed by atoms with E-state index in [0.717, 1.165) is 0 Å². The van der Waals surface area contributed by atoms with E-state index < -0.39 is 41.6 Å². The van der Waals surface area contributed by atoms with Crippen LogP contribution in [0.2, 0.25) is 0 Å². The molecule has 2 aliphatic heterocycles. The predicted octanol–water partition coefficient (Wildman–Crippen LogP) is 0.898. The first-order valence-electron chi connectivity index (χ1n) is 10.9. The van der Waals surface area contributed by atoms with E-state index in [1.165, 1.54) is 36.8 Å². The van der Waals surface area contributed by atoms with Crippen LogP contribution in [0.1, 0.15) is 27.8 Å². The molecule has 1 aromatic carbocycles. The number of aromatic nitrogens is 3. The van der Waals surface area contributed by atoms with Crippen molar-refractivity contribution < 1.29 is 19.1 Å². The summed E-state index contributed by atoms with van der Waals surface area (Å²) < 4.78 is 15.1. The molecule has 0 aliphatic carbocycles. The lowest BCUT2D eigenvalue weighted by atomic mass is 9.86. The van der Waals surface area contributed by atoms with Gasteiger partial charge in [-0.3, -0.25) is 19.4 Å². The molecule has 34 heavy (non-hydrogen) atoms. The van der Waals surface area contributed by atoms with E-state index in [1.807, 2.05) is 0 Å². The molecular formula is C24H22FN5O4. The average molecular weight is 463 g/mol. The first-order chi connectivity index (χ1) is 16.5. The summed E-state index contributed by atoms with van der Waals surface area (Å²) in [6.07, 6.45) is 4.21. The third-order valence-electron chi connectivity index (χ3n) is 6.59. The Morgan fingerprint density at radius 1 is 1.18 bits per heavy atom. The normalized spacial score (nSPS) is 22.8. The molecule has 2 amide bonds. The summed E-state index contributed by atoms with van der Waals surface area (Å²) in [6, 6.07) is 9.25. The van der Waals surface area contributed by atoms with Crippen LogP contribution in [0.25, 0.3) is 0 Å². The number of hydrogen-bond acceptors (Lipinski definition) is 6. The van der Waals surface area contributed by atoms with Gasteiger partial charge in [0.2, 0.25) is 5.91 Å². The second-order valence-corrected chi connectivity index (χ2v) is 8.43. The average Bonchev–Trinajstić information content (AvgIpc) is 3.09. The van der Waals surface area contributed by atoms with Crippen LogP contribution in [-0.4, -0.2) is 49.0 Å². The second-order valence-electron chi connectivity index (χ2n) is 8.43. The van der Waals surface area contributed by atoms with Crippen molar-refractivity contribution in [3.63, 3.8) is 0 Å². The number of amides is 2. The van der Waals surface area contributed by atoms with Crippen molar-refractivity contribution in [2.75, 3.05) is 6.61 Å². The fraction of sp³-hybridized carbons (Fsp3) is 0.292. The van der Waals surface area contributed by atoms with Crippen LogP contribution in [0, 0.1) is 17.7 Å². The van der Waals surface area contributed by atoms with E-state index in [0.29, 0.717) is 11.3 Å². The second kappa shape index (κ2) is 8.79. The molecule has 2 aromatic heterocycles. The summed E-state index contributed by atoms with van der Waals surface area (Å²) in [7, 11) is 0. The molecule has 0 saturated carbocycles. The number of pyridine rings is 1. The molecule has 3 aromatic rings. The van der Waals surface area contributed by atoms with Gasteiger partial charge in [-0.05, 0) is 23.8 Å². The molecule has 2 bridgehead atoms. The number of aliphatic hydroxyl groups excluding tert-OH is 1. The van der Waals surface area contributed by atoms with Gasteiger partial charge in [-0.15, -0.1) is 0 Å². The highest BCUT2D eigenvalue weighted by Gasteiger charge is 2.57. The van der Waals surface area contributed by atoms with Crippen LogP contribution in [0.4, 0.5) is 4.39 Å². The zero-order valence-corrected chi connectivity index (χ0v) is 18.0. The number of nitrogens with zero attached hydrogens (tertiary/aromatic N) is 4. The molecule has 9 nitrogen and oxygen atoms in total. The van der Waals surface area contributed by atoms with Crippen LogP contribution in [0.15, 0.2) is 65.8 Å². The third kappa shape index (κ3) is 3.65. The van der Waals surface area contributed by atoms with Crippen molar-refractivity contribution >= 4 is 11.8 Å². The predicted molar refractivity (Wildman–Crippen MR) is 118 cm³/mol. The van der Waals surface area contributed by atoms with Crippen LogP contribution in [-0.2, 0) is 17.9 Å². The molecular weight excluding hydrogens is 441 g/mol. The number of hydrogen-bond donors (Lipinski definition) is 2. The largest absolute Gasteiger partial charge is 0.396 e. The van der Waals surface area contributed by atoms with E-state index in [9.17, 15) is 23.9 Å². The molecule has 10 heteroatoms. The Hall–Kier alpha value is -3.92. The lowest BCUT2D eigenvalue weighted by Gasteiger charge is -2.37. The topological polar surface area (TPSA) is 117 Å². The first kappa shape index (κ1) is 21.9. The van der Waals surface area contributed by atoms with Gasteiger partial charge in [-0.2, -0.15) is 0 Å². The van der Waals surface area contributed by atoms with E-state index in [1.54, 1.807) is 33.7 Å². The summed E-state index contributed by atoms with van der Waals surface area (Å²) in [5, 5.41) is 13.1. The molecule has 0 spiro atoms. The number of rotatable bonds is 5. The summed E-state index contributed by atoms with van der Waals surface area (Å²) >= 11 is 0. The quantitative estimate of drug-likeness (QED) is 0.581. The number of benzene rings is 1. The lowest BCUT2D eigenvalue weighted by Crippen LogP contribution is -2.49. The molecule has 2 aliphatic rings. The van der Waals surface area contributed by atoms with Crippen molar-refractivity contribution in [3.8, 4) is 0 Å². The molecule has 5 rings (SSSR count). The van der Waals surface area contributed by atoms with Gasteiger partial charge < -0.3 is 19.9 Å². The van der Waals surface area contributed by atoms with Crippen LogP contribution in [0.5, 0.6) is 0 Å². The standard InChI is InChI=1S/C24H22FN5O4/c25-15-4-1-3-14(9-15)10-28-23(33)21-16(13-31)19-12-29-18(5-2-6-20(29)32)22(21)30(19)24(34)17-11-26-7-8-27-17/h1-9,11,16,19,21-22,31H,10,12-13H2,(H,28,33)/t16-,19-,21+,22+/m1/s1. The van der Waals surface area contributed by atoms with E-state index in [-0.39, 0.29) is 30.9 Å². The fourth-order valence-electron chi connectivity index (χ4n) is 5.13. The van der Waals surface area contributed by atoms with Crippen LogP contribution < -0.4 is 10.9 Å². The minimum Gasteiger partial charge on any atom is -0.396 e. The smallest absolute Gasteiger partial charge is 0.274 e. The van der Waals surface area contributed by atoms with Gasteiger partial charge in [-0.1, -0.05) is 18.2 Å². The Labute approximate surface area is 193 Å². The zero-order valence-electron chi connectivity index (χ0n) is 18.0. The van der Waals surface area contributed by atoms with Crippen molar-refractivity contribution in [3.05, 3.63) is 94.2 Å². The van der Waals surface area contributed by atoms with Gasteiger partial charge in [0.05, 0.1) is 24.2 Å². The van der Waals surface area contributed by atoms with E-state index >= 15 is 0 Å². The Morgan fingerprint density at radius 3 is 2.74 bits per heavy atom. The zero-order chi connectivity index (χ0) is 23.8. The van der Waals surface area contributed by atoms with Crippen LogP contribution >= 0.6 is 0 Å². The Balaban J connectivity index is 1.53. The van der Waals surface area contributed by atoms with Crippen molar-refractivity contribution in [2.24, 2.45) is 11.8 Å². The molecule has 174 valence electrons. The summed E-state index contributed by atoms with van der Waals surface area (Å²) in [4.78, 5) is 49.1. The Bertz CT molecular complexity index is 1300. The number of fused-ring (bicyclic) bond motifs is 4. The molecule has 4 atom stereocenters. The first-order valence-corrected chi connectivity index (χ1v) is 10.9. The van der Waals surface area contributed by atoms with Gasteiger partial charge in [0.25, 0.3) is 11.5 Å². The summed E-state index contributed by atoms with van der Waals surface area (Å²) in [5.41, 5.74) is 0.972. The maximum atomic E-state index is 13.6. The Morgan fingerprint density at radius 2 is 2.00 bits per heavy atom. The molecule has 4 heterocycles. The third-order valence-corrected chi connectivity index (χ3v) is 6.59. The summed E-state index contributed by atoms with van der Waals surface area (Å²) in [6.45, 7) is -0.120. The van der Waals surface area contributed by atoms with Gasteiger partial charge in [0.1, 0.15) is 11.5 Å². The van der Waals surface area contributed by atoms with E-state index in [2.05, 4.69) is 15.3 Å². The number of aliphatic hydroxyl groups is 1. The van der Waals surface area contributed by atoms with E-state index in [4.69, 9.17) is 0 Å². The minimum absolute atomic E-state index is 0.0856. The maximum absolute atomic E-state index is 13.6. The summed E-state index contributed by atoms with van der Waals surface area (Å²) in [5.74, 6) is -2.66. The highest BCUT2D eigenvalue weighted by Crippen LogP contribution is 2.48. The minimum atomic E-state index is -0.820. The van der Waals surface area contributed by atoms with Crippen LogP contribution in [0.3, 0.4) is 0 Å². The SMILES string of the molecule is O=C(NCc1cccc(F)c1)[C@H]1[C@H](CO)[C@H]2Cn3c(cccc3=O)[C@@H]1N2C(=O)c1cnccn1. The van der Waals surface area contributed by atoms with Crippen molar-refractivity contribution in [1.82, 2.24) is 24.8 Å². The molecule has 0 unspecified atom stereocenters. The Kier molecular flexibility index (Phi) is 5.66. The molecule has 1 saturated heterocycles. The highest BCUT2D eigenvalue weighted by atomic mass is 19.1. The molecule has 2 N–H and O–H groups in total. The lowest BCUT2D eigenvalue weighted by molar-refractivity contribution is -0.127. The van der Waals surface area contributed by atoms with Gasteiger partial charge >= 0.3 is 0 Å². The monoisotopic (exact) mass is 463 g/mol. The number of carbonyl (C=O) groups is 2. The number of nitrogens with one attached hydrogen (secondary N) is 1. The van der Waals surface area contributed by atoms with Crippen molar-refractivity contribution in [1.29, 1.82) is 0 Å². The number of carbonyl (C=O) groups excluding carboxylic acids is 2.